The van der Waals surface area contributed by atoms with E-state index in [1.807, 2.05) is 0 Å². The van der Waals surface area contributed by atoms with Crippen LogP contribution in [0.25, 0.3) is 0 Å². The van der Waals surface area contributed by atoms with Crippen molar-refractivity contribution in [3.8, 4) is 0 Å². The van der Waals surface area contributed by atoms with Crippen molar-refractivity contribution in [2.75, 3.05) is 13.2 Å². The molecule has 6 heteroatoms. The van der Waals surface area contributed by atoms with E-state index in [9.17, 15) is 14.4 Å². The van der Waals surface area contributed by atoms with Crippen LogP contribution in [0.1, 0.15) is 258 Å². The lowest BCUT2D eigenvalue weighted by molar-refractivity contribution is -0.167. The molecule has 0 aliphatic carbocycles. The molecule has 0 fully saturated rings. The summed E-state index contributed by atoms with van der Waals surface area (Å²) < 4.78 is 16.8. The summed E-state index contributed by atoms with van der Waals surface area (Å²) in [4.78, 5) is 37.9. The van der Waals surface area contributed by atoms with E-state index in [4.69, 9.17) is 14.2 Å². The maximum Gasteiger partial charge on any atom is 0.306 e. The first-order chi connectivity index (χ1) is 29.5. The molecule has 0 spiro atoms. The number of rotatable bonds is 46. The zero-order valence-corrected chi connectivity index (χ0v) is 39.7. The van der Waals surface area contributed by atoms with Crippen LogP contribution >= 0.6 is 0 Å². The van der Waals surface area contributed by atoms with E-state index in [0.29, 0.717) is 19.3 Å². The highest BCUT2D eigenvalue weighted by molar-refractivity contribution is 5.71. The Labute approximate surface area is 371 Å². The van der Waals surface area contributed by atoms with Crippen LogP contribution in [0.5, 0.6) is 0 Å². The number of unbranched alkanes of at least 4 members (excludes halogenated alkanes) is 29. The van der Waals surface area contributed by atoms with E-state index >= 15 is 0 Å². The number of allylic oxidation sites excluding steroid dienone is 8. The highest BCUT2D eigenvalue weighted by Crippen LogP contribution is 2.15. The highest BCUT2D eigenvalue weighted by atomic mass is 16.6. The average Bonchev–Trinajstić information content (AvgIpc) is 3.24. The van der Waals surface area contributed by atoms with Gasteiger partial charge in [0.15, 0.2) is 6.10 Å². The minimum absolute atomic E-state index is 0.0843. The zero-order chi connectivity index (χ0) is 43.7. The van der Waals surface area contributed by atoms with Crippen molar-refractivity contribution in [1.82, 2.24) is 0 Å². The van der Waals surface area contributed by atoms with Gasteiger partial charge in [-0.3, -0.25) is 14.4 Å². The summed E-state index contributed by atoms with van der Waals surface area (Å²) in [5, 5.41) is 0. The predicted molar refractivity (Wildman–Crippen MR) is 256 cm³/mol. The van der Waals surface area contributed by atoms with Crippen LogP contribution in [0.15, 0.2) is 48.6 Å². The molecule has 0 aliphatic heterocycles. The van der Waals surface area contributed by atoms with E-state index in [1.165, 1.54) is 135 Å². The Morgan fingerprint density at radius 3 is 0.983 bits per heavy atom. The lowest BCUT2D eigenvalue weighted by atomic mass is 10.0. The maximum absolute atomic E-state index is 12.8. The Hall–Kier alpha value is -2.63. The molecule has 0 saturated carbocycles. The molecule has 348 valence electrons. The molecule has 0 heterocycles. The minimum atomic E-state index is -0.786. The fourth-order valence-electron chi connectivity index (χ4n) is 7.17. The van der Waals surface area contributed by atoms with Crippen molar-refractivity contribution in [3.05, 3.63) is 48.6 Å². The van der Waals surface area contributed by atoms with Gasteiger partial charge < -0.3 is 14.2 Å². The van der Waals surface area contributed by atoms with Gasteiger partial charge in [0, 0.05) is 19.3 Å². The Kier molecular flexibility index (Phi) is 46.9. The molecule has 1 unspecified atom stereocenters. The minimum Gasteiger partial charge on any atom is -0.462 e. The van der Waals surface area contributed by atoms with Gasteiger partial charge in [-0.15, -0.1) is 0 Å². The lowest BCUT2D eigenvalue weighted by Gasteiger charge is -2.18. The van der Waals surface area contributed by atoms with Crippen molar-refractivity contribution in [2.24, 2.45) is 0 Å². The number of hydrogen-bond donors (Lipinski definition) is 0. The summed E-state index contributed by atoms with van der Waals surface area (Å²) >= 11 is 0. The van der Waals surface area contributed by atoms with Crippen molar-refractivity contribution >= 4 is 17.9 Å². The molecule has 0 N–H and O–H groups in total. The summed E-state index contributed by atoms with van der Waals surface area (Å²) in [6.45, 7) is 6.54. The second kappa shape index (κ2) is 49.0. The number of hydrogen-bond acceptors (Lipinski definition) is 6. The van der Waals surface area contributed by atoms with E-state index in [2.05, 4.69) is 69.4 Å². The summed E-state index contributed by atoms with van der Waals surface area (Å²) in [6, 6.07) is 0. The number of carbonyl (C=O) groups excluding carboxylic acids is 3. The molecule has 0 bridgehead atoms. The number of ether oxygens (including phenoxy) is 3. The molecule has 0 amide bonds. The van der Waals surface area contributed by atoms with Crippen LogP contribution in [0.4, 0.5) is 0 Å². The molecule has 0 rings (SSSR count). The van der Waals surface area contributed by atoms with Crippen molar-refractivity contribution in [1.29, 1.82) is 0 Å². The second-order valence-electron chi connectivity index (χ2n) is 17.1. The molecule has 6 nitrogen and oxygen atoms in total. The van der Waals surface area contributed by atoms with Crippen LogP contribution < -0.4 is 0 Å². The fraction of sp³-hybridized carbons (Fsp3) is 0.796. The summed E-state index contributed by atoms with van der Waals surface area (Å²) in [5.74, 6) is -0.919. The normalized spacial score (nSPS) is 12.4. The van der Waals surface area contributed by atoms with Gasteiger partial charge in [0.1, 0.15) is 13.2 Å². The van der Waals surface area contributed by atoms with E-state index in [0.717, 1.165) is 83.5 Å². The third-order valence-corrected chi connectivity index (χ3v) is 11.1. The summed E-state index contributed by atoms with van der Waals surface area (Å²) in [5.41, 5.74) is 0. The second-order valence-corrected chi connectivity index (χ2v) is 17.1. The topological polar surface area (TPSA) is 78.9 Å². The van der Waals surface area contributed by atoms with Gasteiger partial charge in [-0.1, -0.05) is 223 Å². The van der Waals surface area contributed by atoms with Crippen LogP contribution in [0.2, 0.25) is 0 Å². The van der Waals surface area contributed by atoms with Crippen molar-refractivity contribution in [2.45, 2.75) is 264 Å². The van der Waals surface area contributed by atoms with Gasteiger partial charge in [-0.2, -0.15) is 0 Å². The van der Waals surface area contributed by atoms with Gasteiger partial charge in [0.25, 0.3) is 0 Å². The van der Waals surface area contributed by atoms with Gasteiger partial charge in [-0.05, 0) is 64.2 Å². The van der Waals surface area contributed by atoms with Crippen molar-refractivity contribution in [3.63, 3.8) is 0 Å². The first-order valence-corrected chi connectivity index (χ1v) is 25.7. The van der Waals surface area contributed by atoms with Crippen LogP contribution in [-0.2, 0) is 28.6 Å². The van der Waals surface area contributed by atoms with E-state index in [-0.39, 0.29) is 31.1 Å². The average molecular weight is 841 g/mol. The maximum atomic E-state index is 12.8. The summed E-state index contributed by atoms with van der Waals surface area (Å²) in [7, 11) is 0. The molecule has 0 aliphatic rings. The van der Waals surface area contributed by atoms with E-state index < -0.39 is 6.10 Å². The zero-order valence-electron chi connectivity index (χ0n) is 39.7. The van der Waals surface area contributed by atoms with E-state index in [1.54, 1.807) is 0 Å². The van der Waals surface area contributed by atoms with Crippen LogP contribution in [-0.4, -0.2) is 37.2 Å². The van der Waals surface area contributed by atoms with Gasteiger partial charge in [-0.25, -0.2) is 0 Å². The van der Waals surface area contributed by atoms with Gasteiger partial charge in [0.05, 0.1) is 0 Å². The fourth-order valence-corrected chi connectivity index (χ4v) is 7.17. The first-order valence-electron chi connectivity index (χ1n) is 25.7. The largest absolute Gasteiger partial charge is 0.462 e. The molecule has 0 aromatic heterocycles. The monoisotopic (exact) mass is 841 g/mol. The predicted octanol–water partition coefficient (Wildman–Crippen LogP) is 16.7. The molecule has 0 saturated heterocycles. The number of carbonyl (C=O) groups is 3. The van der Waals surface area contributed by atoms with Crippen LogP contribution in [0.3, 0.4) is 0 Å². The Morgan fingerprint density at radius 2 is 0.600 bits per heavy atom. The molecule has 0 aromatic carbocycles. The standard InChI is InChI=1S/C54H96O6/c1-4-7-10-13-16-19-22-24-26-28-29-32-35-38-41-44-47-53(56)59-50-51(49-58-52(55)46-43-40-37-34-31-21-18-15-12-9-6-3)60-54(57)48-45-42-39-36-33-30-27-25-23-20-17-14-11-8-5-2/h15,17-18,20-21,23,25,31,51H,4-14,16,19,22,24,26-30,32-50H2,1-3H3/b18-15-,20-17-,25-23-,31-21-. The molecule has 0 aromatic rings. The van der Waals surface area contributed by atoms with Gasteiger partial charge in [0.2, 0.25) is 0 Å². The quantitative estimate of drug-likeness (QED) is 0.0263. The molecule has 0 radical (unpaired) electrons. The molecular formula is C54H96O6. The Balaban J connectivity index is 4.38. The van der Waals surface area contributed by atoms with Crippen molar-refractivity contribution < 1.29 is 28.6 Å². The smallest absolute Gasteiger partial charge is 0.306 e. The highest BCUT2D eigenvalue weighted by Gasteiger charge is 2.19. The number of esters is 3. The lowest BCUT2D eigenvalue weighted by Crippen LogP contribution is -2.30. The first kappa shape index (κ1) is 57.4. The third kappa shape index (κ3) is 46.4. The molecule has 1 atom stereocenters. The molecular weight excluding hydrogens is 745 g/mol. The SMILES string of the molecule is CCCC/C=C\C=C/CCCCCC(=O)OCC(COC(=O)CCCCCCCCCCCCCCCCCC)OC(=O)CCCCCCCC/C=C\C=C/CCCCC. The Morgan fingerprint density at radius 1 is 0.333 bits per heavy atom. The Bertz CT molecular complexity index is 1060. The third-order valence-electron chi connectivity index (χ3n) is 11.1. The van der Waals surface area contributed by atoms with Crippen LogP contribution in [0, 0.1) is 0 Å². The molecule has 60 heavy (non-hydrogen) atoms. The summed E-state index contributed by atoms with van der Waals surface area (Å²) in [6.07, 6.45) is 58.1. The van der Waals surface area contributed by atoms with Gasteiger partial charge >= 0.3 is 17.9 Å².